The number of furan rings is 1. The Balaban J connectivity index is 2.12. The fourth-order valence-electron chi connectivity index (χ4n) is 2.78. The Morgan fingerprint density at radius 3 is 2.65 bits per heavy atom. The second-order valence-electron chi connectivity index (χ2n) is 5.38. The van der Waals surface area contributed by atoms with Gasteiger partial charge in [0.25, 0.3) is 5.91 Å². The van der Waals surface area contributed by atoms with Crippen LogP contribution in [0.3, 0.4) is 0 Å². The topological polar surface area (TPSA) is 71.5 Å². The van der Waals surface area contributed by atoms with E-state index in [9.17, 15) is 4.79 Å². The molecule has 23 heavy (non-hydrogen) atoms. The van der Waals surface area contributed by atoms with Crippen LogP contribution < -0.4 is 5.32 Å². The van der Waals surface area contributed by atoms with Gasteiger partial charge in [-0.1, -0.05) is 25.9 Å². The summed E-state index contributed by atoms with van der Waals surface area (Å²) in [7, 11) is 0. The first-order chi connectivity index (χ1) is 11.1. The highest BCUT2D eigenvalue weighted by Gasteiger charge is 2.24. The Morgan fingerprint density at radius 1 is 1.35 bits per heavy atom. The maximum absolute atomic E-state index is 12.5. The van der Waals surface area contributed by atoms with Crippen LogP contribution in [-0.4, -0.2) is 35.6 Å². The van der Waals surface area contributed by atoms with Gasteiger partial charge in [0.05, 0.1) is 18.0 Å². The number of nitrogens with zero attached hydrogens (tertiary/aromatic N) is 2. The number of hydrogen-bond acceptors (Lipinski definition) is 5. The molecule has 1 N–H and O–H groups in total. The Morgan fingerprint density at radius 2 is 2.09 bits per heavy atom. The Bertz CT molecular complexity index is 615. The highest BCUT2D eigenvalue weighted by Crippen LogP contribution is 2.21. The van der Waals surface area contributed by atoms with Crippen molar-refractivity contribution in [3.63, 3.8) is 0 Å². The number of aryl methyl sites for hydroxylation is 2. The van der Waals surface area contributed by atoms with E-state index in [4.69, 9.17) is 8.94 Å². The molecule has 2 heterocycles. The summed E-state index contributed by atoms with van der Waals surface area (Å²) in [5.41, 5.74) is 1.24. The van der Waals surface area contributed by atoms with Gasteiger partial charge in [0.2, 0.25) is 0 Å². The lowest BCUT2D eigenvalue weighted by molar-refractivity contribution is 0.0927. The molecule has 2 rings (SSSR count). The predicted molar refractivity (Wildman–Crippen MR) is 87.3 cm³/mol. The first kappa shape index (κ1) is 17.3. The summed E-state index contributed by atoms with van der Waals surface area (Å²) in [6.45, 7) is 10.1. The van der Waals surface area contributed by atoms with Crippen LogP contribution in [0.25, 0.3) is 0 Å². The van der Waals surface area contributed by atoms with Gasteiger partial charge < -0.3 is 14.3 Å². The van der Waals surface area contributed by atoms with E-state index in [2.05, 4.69) is 29.2 Å². The van der Waals surface area contributed by atoms with Gasteiger partial charge in [0.15, 0.2) is 0 Å². The maximum Gasteiger partial charge on any atom is 0.256 e. The SMILES string of the molecule is CCc1noc(C)c1C(=O)NC[C@H](c1ccco1)N(CC)CC. The molecule has 2 aromatic rings. The Hall–Kier alpha value is -2.08. The van der Waals surface area contributed by atoms with Crippen molar-refractivity contribution < 1.29 is 13.7 Å². The van der Waals surface area contributed by atoms with Gasteiger partial charge in [-0.05, 0) is 38.6 Å². The van der Waals surface area contributed by atoms with Gasteiger partial charge in [-0.15, -0.1) is 0 Å². The molecular formula is C17H25N3O3. The summed E-state index contributed by atoms with van der Waals surface area (Å²) < 4.78 is 10.7. The predicted octanol–water partition coefficient (Wildman–Crippen LogP) is 2.95. The molecule has 0 fully saturated rings. The molecule has 0 spiro atoms. The maximum atomic E-state index is 12.5. The van der Waals surface area contributed by atoms with Gasteiger partial charge in [-0.3, -0.25) is 9.69 Å². The average molecular weight is 319 g/mol. The van der Waals surface area contributed by atoms with Crippen LogP contribution in [0.1, 0.15) is 54.4 Å². The molecule has 0 aliphatic carbocycles. The van der Waals surface area contributed by atoms with Gasteiger partial charge in [0, 0.05) is 6.54 Å². The van der Waals surface area contributed by atoms with E-state index < -0.39 is 0 Å². The van der Waals surface area contributed by atoms with Crippen LogP contribution in [0, 0.1) is 6.92 Å². The monoisotopic (exact) mass is 319 g/mol. The van der Waals surface area contributed by atoms with Crippen molar-refractivity contribution in [2.24, 2.45) is 0 Å². The average Bonchev–Trinajstić information content (AvgIpc) is 3.20. The zero-order valence-corrected chi connectivity index (χ0v) is 14.3. The fourth-order valence-corrected chi connectivity index (χ4v) is 2.78. The molecule has 126 valence electrons. The van der Waals surface area contributed by atoms with Crippen LogP contribution in [-0.2, 0) is 6.42 Å². The molecule has 6 heteroatoms. The number of hydrogen-bond donors (Lipinski definition) is 1. The first-order valence-electron chi connectivity index (χ1n) is 8.13. The standard InChI is InChI=1S/C17H25N3O3/c1-5-13-16(12(4)23-19-13)17(21)18-11-14(20(6-2)7-3)15-9-8-10-22-15/h8-10,14H,5-7,11H2,1-4H3,(H,18,21)/t14-/m1/s1. The van der Waals surface area contributed by atoms with Gasteiger partial charge in [-0.25, -0.2) is 0 Å². The van der Waals surface area contributed by atoms with Crippen molar-refractivity contribution >= 4 is 5.91 Å². The molecule has 0 aliphatic heterocycles. The van der Waals surface area contributed by atoms with Crippen molar-refractivity contribution in [2.45, 2.75) is 40.2 Å². The highest BCUT2D eigenvalue weighted by atomic mass is 16.5. The van der Waals surface area contributed by atoms with E-state index in [0.29, 0.717) is 30.0 Å². The molecular weight excluding hydrogens is 294 g/mol. The Labute approximate surface area is 136 Å². The van der Waals surface area contributed by atoms with Gasteiger partial charge in [-0.2, -0.15) is 0 Å². The normalized spacial score (nSPS) is 12.6. The second kappa shape index (κ2) is 7.97. The quantitative estimate of drug-likeness (QED) is 0.810. The fraction of sp³-hybridized carbons (Fsp3) is 0.529. The summed E-state index contributed by atoms with van der Waals surface area (Å²) in [6, 6.07) is 3.82. The molecule has 0 radical (unpaired) electrons. The number of amides is 1. The van der Waals surface area contributed by atoms with E-state index in [1.54, 1.807) is 13.2 Å². The molecule has 0 aliphatic rings. The lowest BCUT2D eigenvalue weighted by atomic mass is 10.1. The molecule has 6 nitrogen and oxygen atoms in total. The minimum absolute atomic E-state index is 0.00851. The molecule has 0 saturated heterocycles. The van der Waals surface area contributed by atoms with E-state index in [-0.39, 0.29) is 11.9 Å². The third-order valence-electron chi connectivity index (χ3n) is 4.08. The van der Waals surface area contributed by atoms with Crippen molar-refractivity contribution in [1.82, 2.24) is 15.4 Å². The number of likely N-dealkylation sites (N-methyl/N-ethyl adjacent to an activating group) is 1. The minimum atomic E-state index is -0.149. The van der Waals surface area contributed by atoms with Crippen LogP contribution >= 0.6 is 0 Å². The third kappa shape index (κ3) is 3.82. The van der Waals surface area contributed by atoms with E-state index in [0.717, 1.165) is 18.8 Å². The molecule has 0 aromatic carbocycles. The zero-order valence-electron chi connectivity index (χ0n) is 14.3. The summed E-state index contributed by atoms with van der Waals surface area (Å²) in [5.74, 6) is 1.26. The smallest absolute Gasteiger partial charge is 0.256 e. The number of carbonyl (C=O) groups excluding carboxylic acids is 1. The number of carbonyl (C=O) groups is 1. The summed E-state index contributed by atoms with van der Waals surface area (Å²) >= 11 is 0. The van der Waals surface area contributed by atoms with Crippen molar-refractivity contribution in [3.8, 4) is 0 Å². The largest absolute Gasteiger partial charge is 0.468 e. The van der Waals surface area contributed by atoms with Crippen LogP contribution in [0.15, 0.2) is 27.3 Å². The highest BCUT2D eigenvalue weighted by molar-refractivity contribution is 5.96. The Kier molecular flexibility index (Phi) is 5.98. The van der Waals surface area contributed by atoms with Crippen LogP contribution in [0.2, 0.25) is 0 Å². The van der Waals surface area contributed by atoms with Crippen LogP contribution in [0.5, 0.6) is 0 Å². The van der Waals surface area contributed by atoms with Gasteiger partial charge in [0.1, 0.15) is 17.1 Å². The lowest BCUT2D eigenvalue weighted by Gasteiger charge is -2.28. The summed E-state index contributed by atoms with van der Waals surface area (Å²) in [6.07, 6.45) is 2.32. The summed E-state index contributed by atoms with van der Waals surface area (Å²) in [4.78, 5) is 14.8. The first-order valence-corrected chi connectivity index (χ1v) is 8.13. The van der Waals surface area contributed by atoms with E-state index in [1.807, 2.05) is 19.1 Å². The van der Waals surface area contributed by atoms with Crippen molar-refractivity contribution in [2.75, 3.05) is 19.6 Å². The van der Waals surface area contributed by atoms with Crippen LogP contribution in [0.4, 0.5) is 0 Å². The molecule has 2 aromatic heterocycles. The van der Waals surface area contributed by atoms with E-state index >= 15 is 0 Å². The number of nitrogens with one attached hydrogen (secondary N) is 1. The zero-order chi connectivity index (χ0) is 16.8. The molecule has 1 atom stereocenters. The summed E-state index contributed by atoms with van der Waals surface area (Å²) in [5, 5.41) is 6.93. The third-order valence-corrected chi connectivity index (χ3v) is 4.08. The van der Waals surface area contributed by atoms with Crippen molar-refractivity contribution in [3.05, 3.63) is 41.2 Å². The molecule has 0 unspecified atom stereocenters. The lowest BCUT2D eigenvalue weighted by Crippen LogP contribution is -2.38. The molecule has 1 amide bonds. The molecule has 0 bridgehead atoms. The van der Waals surface area contributed by atoms with Crippen molar-refractivity contribution in [1.29, 1.82) is 0 Å². The number of aromatic nitrogens is 1. The minimum Gasteiger partial charge on any atom is -0.468 e. The van der Waals surface area contributed by atoms with E-state index in [1.165, 1.54) is 0 Å². The van der Waals surface area contributed by atoms with Gasteiger partial charge >= 0.3 is 0 Å². The second-order valence-corrected chi connectivity index (χ2v) is 5.38. The number of rotatable bonds is 8. The molecule has 0 saturated carbocycles.